The van der Waals surface area contributed by atoms with Crippen LogP contribution in [0, 0.1) is 6.92 Å². The molecule has 0 atom stereocenters. The molecule has 0 aliphatic heterocycles. The van der Waals surface area contributed by atoms with E-state index in [1.54, 1.807) is 29.9 Å². The van der Waals surface area contributed by atoms with Gasteiger partial charge in [0.2, 0.25) is 0 Å². The summed E-state index contributed by atoms with van der Waals surface area (Å²) in [6, 6.07) is 11.4. The molecule has 0 spiro atoms. The smallest absolute Gasteiger partial charge is 0.262 e. The SMILES string of the molecule is Cc1ccc(N=c2sc3ncccc3c(=O)n2C)cc1. The third-order valence-electron chi connectivity index (χ3n) is 3.04. The van der Waals surface area contributed by atoms with E-state index in [0.717, 1.165) is 5.69 Å². The second-order valence-corrected chi connectivity index (χ2v) is 5.51. The molecule has 2 aromatic heterocycles. The van der Waals surface area contributed by atoms with Crippen LogP contribution >= 0.6 is 11.3 Å². The molecule has 0 bridgehead atoms. The Labute approximate surface area is 119 Å². The van der Waals surface area contributed by atoms with E-state index in [1.807, 2.05) is 31.2 Å². The zero-order valence-corrected chi connectivity index (χ0v) is 12.0. The zero-order valence-electron chi connectivity index (χ0n) is 11.2. The molecule has 20 heavy (non-hydrogen) atoms. The van der Waals surface area contributed by atoms with E-state index >= 15 is 0 Å². The molecule has 3 rings (SSSR count). The van der Waals surface area contributed by atoms with E-state index in [2.05, 4.69) is 9.98 Å². The Morgan fingerprint density at radius 3 is 2.70 bits per heavy atom. The number of fused-ring (bicyclic) bond motifs is 1. The van der Waals surface area contributed by atoms with Crippen molar-refractivity contribution in [1.82, 2.24) is 9.55 Å². The van der Waals surface area contributed by atoms with Gasteiger partial charge in [-0.1, -0.05) is 29.0 Å². The van der Waals surface area contributed by atoms with Crippen molar-refractivity contribution in [1.29, 1.82) is 0 Å². The van der Waals surface area contributed by atoms with Gasteiger partial charge in [0.05, 0.1) is 11.1 Å². The predicted molar refractivity (Wildman–Crippen MR) is 81.3 cm³/mol. The lowest BCUT2D eigenvalue weighted by Gasteiger charge is -2.01. The van der Waals surface area contributed by atoms with Crippen LogP contribution in [0.15, 0.2) is 52.4 Å². The number of benzene rings is 1. The first-order valence-electron chi connectivity index (χ1n) is 6.21. The summed E-state index contributed by atoms with van der Waals surface area (Å²) in [5, 5.41) is 0.628. The number of rotatable bonds is 1. The molecular weight excluding hydrogens is 270 g/mol. The molecule has 1 aromatic carbocycles. The minimum absolute atomic E-state index is 0.0716. The van der Waals surface area contributed by atoms with Crippen molar-refractivity contribution in [2.75, 3.05) is 0 Å². The lowest BCUT2D eigenvalue weighted by molar-refractivity contribution is 0.832. The van der Waals surface area contributed by atoms with E-state index < -0.39 is 0 Å². The summed E-state index contributed by atoms with van der Waals surface area (Å²) in [5.74, 6) is 0. The van der Waals surface area contributed by atoms with E-state index in [4.69, 9.17) is 0 Å². The molecular formula is C15H13N3OS. The number of aryl methyl sites for hydroxylation is 1. The van der Waals surface area contributed by atoms with Gasteiger partial charge in [0.15, 0.2) is 4.80 Å². The number of hydrogen-bond acceptors (Lipinski definition) is 4. The quantitative estimate of drug-likeness (QED) is 0.689. The Kier molecular flexibility index (Phi) is 3.20. The van der Waals surface area contributed by atoms with Crippen LogP contribution in [-0.4, -0.2) is 9.55 Å². The van der Waals surface area contributed by atoms with E-state index in [9.17, 15) is 4.79 Å². The fourth-order valence-corrected chi connectivity index (χ4v) is 2.81. The first kappa shape index (κ1) is 12.7. The van der Waals surface area contributed by atoms with Crippen molar-refractivity contribution in [3.05, 3.63) is 63.3 Å². The van der Waals surface area contributed by atoms with Crippen LogP contribution in [-0.2, 0) is 7.05 Å². The molecule has 100 valence electrons. The maximum atomic E-state index is 12.3. The minimum atomic E-state index is -0.0716. The molecule has 0 aliphatic rings. The topological polar surface area (TPSA) is 47.2 Å². The second kappa shape index (κ2) is 5.02. The van der Waals surface area contributed by atoms with Crippen LogP contribution in [0.1, 0.15) is 5.56 Å². The predicted octanol–water partition coefficient (Wildman–Crippen LogP) is 2.54. The maximum Gasteiger partial charge on any atom is 0.262 e. The Balaban J connectivity index is 2.29. The molecule has 3 aromatic rings. The van der Waals surface area contributed by atoms with Gasteiger partial charge in [0.1, 0.15) is 4.83 Å². The van der Waals surface area contributed by atoms with Crippen molar-refractivity contribution in [3.8, 4) is 0 Å². The van der Waals surface area contributed by atoms with Gasteiger partial charge in [0, 0.05) is 13.2 Å². The molecule has 0 amide bonds. The number of nitrogens with zero attached hydrogens (tertiary/aromatic N) is 3. The summed E-state index contributed by atoms with van der Waals surface area (Å²) in [6.45, 7) is 2.03. The highest BCUT2D eigenvalue weighted by atomic mass is 32.1. The molecule has 5 heteroatoms. The van der Waals surface area contributed by atoms with Crippen molar-refractivity contribution in [2.45, 2.75) is 6.92 Å². The van der Waals surface area contributed by atoms with Crippen LogP contribution < -0.4 is 10.4 Å². The highest BCUT2D eigenvalue weighted by Crippen LogP contribution is 2.13. The third-order valence-corrected chi connectivity index (χ3v) is 4.11. The molecule has 0 aliphatic carbocycles. The van der Waals surface area contributed by atoms with Crippen LogP contribution in [0.2, 0.25) is 0 Å². The summed E-state index contributed by atoms with van der Waals surface area (Å²) in [5.41, 5.74) is 1.94. The average molecular weight is 283 g/mol. The van der Waals surface area contributed by atoms with Gasteiger partial charge in [-0.3, -0.25) is 9.36 Å². The molecule has 4 nitrogen and oxygen atoms in total. The van der Waals surface area contributed by atoms with E-state index in [1.165, 1.54) is 16.9 Å². The van der Waals surface area contributed by atoms with E-state index in [0.29, 0.717) is 15.0 Å². The van der Waals surface area contributed by atoms with Gasteiger partial charge in [-0.25, -0.2) is 9.98 Å². The number of aromatic nitrogens is 2. The average Bonchev–Trinajstić information content (AvgIpc) is 2.47. The van der Waals surface area contributed by atoms with Gasteiger partial charge < -0.3 is 0 Å². The summed E-state index contributed by atoms with van der Waals surface area (Å²) in [7, 11) is 1.73. The number of hydrogen-bond donors (Lipinski definition) is 0. The Bertz CT molecular complexity index is 891. The lowest BCUT2D eigenvalue weighted by Crippen LogP contribution is -2.28. The summed E-state index contributed by atoms with van der Waals surface area (Å²) in [4.78, 5) is 22.4. The highest BCUT2D eigenvalue weighted by molar-refractivity contribution is 7.15. The third kappa shape index (κ3) is 2.28. The van der Waals surface area contributed by atoms with Crippen LogP contribution in [0.3, 0.4) is 0 Å². The highest BCUT2D eigenvalue weighted by Gasteiger charge is 2.04. The van der Waals surface area contributed by atoms with Gasteiger partial charge in [-0.2, -0.15) is 0 Å². The fraction of sp³-hybridized carbons (Fsp3) is 0.133. The van der Waals surface area contributed by atoms with Crippen molar-refractivity contribution in [2.24, 2.45) is 12.0 Å². The van der Waals surface area contributed by atoms with Crippen molar-refractivity contribution in [3.63, 3.8) is 0 Å². The monoisotopic (exact) mass is 283 g/mol. The standard InChI is InChI=1S/C15H13N3OS/c1-10-5-7-11(8-6-10)17-15-18(2)14(19)12-4-3-9-16-13(12)20-15/h3-9H,1-2H3. The molecule has 0 unspecified atom stereocenters. The molecule has 0 fully saturated rings. The van der Waals surface area contributed by atoms with Crippen LogP contribution in [0.25, 0.3) is 10.2 Å². The fourth-order valence-electron chi connectivity index (χ4n) is 1.88. The van der Waals surface area contributed by atoms with Gasteiger partial charge in [0.25, 0.3) is 5.56 Å². The summed E-state index contributed by atoms with van der Waals surface area (Å²) >= 11 is 1.41. The summed E-state index contributed by atoms with van der Waals surface area (Å²) < 4.78 is 1.56. The Morgan fingerprint density at radius 1 is 1.20 bits per heavy atom. The van der Waals surface area contributed by atoms with Gasteiger partial charge >= 0.3 is 0 Å². The zero-order chi connectivity index (χ0) is 14.1. The second-order valence-electron chi connectivity index (χ2n) is 4.55. The van der Waals surface area contributed by atoms with Crippen molar-refractivity contribution < 1.29 is 0 Å². The molecule has 0 N–H and O–H groups in total. The van der Waals surface area contributed by atoms with Crippen LogP contribution in [0.5, 0.6) is 0 Å². The molecule has 2 heterocycles. The Morgan fingerprint density at radius 2 is 1.95 bits per heavy atom. The van der Waals surface area contributed by atoms with Crippen molar-refractivity contribution >= 4 is 27.2 Å². The first-order chi connectivity index (χ1) is 9.65. The van der Waals surface area contributed by atoms with Gasteiger partial charge in [-0.05, 0) is 31.2 Å². The lowest BCUT2D eigenvalue weighted by atomic mass is 10.2. The normalized spacial score (nSPS) is 12.0. The minimum Gasteiger partial charge on any atom is -0.287 e. The first-order valence-corrected chi connectivity index (χ1v) is 7.03. The van der Waals surface area contributed by atoms with Crippen LogP contribution in [0.4, 0.5) is 5.69 Å². The largest absolute Gasteiger partial charge is 0.287 e. The van der Waals surface area contributed by atoms with Gasteiger partial charge in [-0.15, -0.1) is 0 Å². The molecule has 0 saturated carbocycles. The molecule has 0 radical (unpaired) electrons. The number of pyridine rings is 1. The maximum absolute atomic E-state index is 12.3. The Hall–Kier alpha value is -2.27. The molecule has 0 saturated heterocycles. The summed E-state index contributed by atoms with van der Waals surface area (Å²) in [6.07, 6.45) is 1.69. The van der Waals surface area contributed by atoms with E-state index in [-0.39, 0.29) is 5.56 Å².